The van der Waals surface area contributed by atoms with E-state index in [4.69, 9.17) is 28.4 Å². The van der Waals surface area contributed by atoms with Crippen molar-refractivity contribution in [1.29, 1.82) is 0 Å². The van der Waals surface area contributed by atoms with Crippen molar-refractivity contribution in [2.24, 2.45) is 0 Å². The molecule has 9 heteroatoms. The lowest BCUT2D eigenvalue weighted by Crippen LogP contribution is -2.57. The topological polar surface area (TPSA) is 55.4 Å². The Kier molecular flexibility index (Phi) is 17.8. The van der Waals surface area contributed by atoms with E-state index in [2.05, 4.69) is 397 Å². The average Bonchev–Trinajstić information content (AvgIpc) is 0.724. The second-order valence-corrected chi connectivity index (χ2v) is 31.6. The largest absolute Gasteiger partial charge is 0.458 e. The Morgan fingerprint density at radius 1 is 0.150 bits per heavy atom. The van der Waals surface area contributed by atoms with Crippen LogP contribution in [0.15, 0.2) is 400 Å². The third kappa shape index (κ3) is 12.6. The zero-order chi connectivity index (χ0) is 79.9. The fraction of sp³-hybridized carbons (Fsp3) is 0.0270. The predicted molar refractivity (Wildman–Crippen MR) is 496 cm³/mol. The first kappa shape index (κ1) is 71.5. The first-order valence-corrected chi connectivity index (χ1v) is 41.2. The van der Waals surface area contributed by atoms with Crippen molar-refractivity contribution in [1.82, 2.24) is 0 Å². The molecule has 0 bridgehead atoms. The van der Waals surface area contributed by atoms with Crippen LogP contribution in [0.4, 0.5) is 0 Å². The molecule has 6 heterocycles. The van der Waals surface area contributed by atoms with Crippen LogP contribution in [0.5, 0.6) is 69.0 Å². The monoisotopic (exact) mass is 1540 g/mol. The summed E-state index contributed by atoms with van der Waals surface area (Å²) in [4.78, 5) is 0. The van der Waals surface area contributed by atoms with Gasteiger partial charge in [0.25, 0.3) is 20.1 Å². The van der Waals surface area contributed by atoms with Gasteiger partial charge in [0.1, 0.15) is 69.0 Å². The fourth-order valence-corrected chi connectivity index (χ4v) is 18.6. The Balaban J connectivity index is 0.000000108. The van der Waals surface area contributed by atoms with Gasteiger partial charge in [0, 0.05) is 33.1 Å². The lowest BCUT2D eigenvalue weighted by Gasteiger charge is -2.34. The molecular weight excluding hydrogens is 1460 g/mol. The van der Waals surface area contributed by atoms with Crippen molar-refractivity contribution >= 4 is 69.3 Å². The zero-order valence-corrected chi connectivity index (χ0v) is 66.3. The second kappa shape index (κ2) is 29.9. The van der Waals surface area contributed by atoms with Gasteiger partial charge in [-0.25, -0.2) is 0 Å². The SMILES string of the molecule is Cc1ccccc1-c1ccc2c(c1)B1c3ccc(-c4ccccc4)cc3Oc3c(-c4ccccc4)ccc(c31)O2.Cc1ccccc1-c1ccc2c(c1)Oc1c(-c3ccccc3)ccc3c1B2c1cc(-c2ccccc2)ccc1O3.Cc1ccccc1-c1ccc2c3c1Oc1cc(-c4ccccc4)ccc1B3c1cc(-c3ccccc3)ccc1O2. The number of aryl methyl sites for hydroxylation is 3. The number of ether oxygens (including phenoxy) is 6. The van der Waals surface area contributed by atoms with Crippen molar-refractivity contribution in [2.75, 3.05) is 0 Å². The Morgan fingerprint density at radius 2 is 0.400 bits per heavy atom. The van der Waals surface area contributed by atoms with E-state index >= 15 is 0 Å². The van der Waals surface area contributed by atoms with Gasteiger partial charge in [-0.3, -0.25) is 0 Å². The molecule has 564 valence electrons. The Hall–Kier alpha value is -15.0. The highest BCUT2D eigenvalue weighted by Crippen LogP contribution is 2.48. The maximum Gasteiger partial charge on any atom is 0.260 e. The standard InChI is InChI=1S/3C37H25BO2/c1-24-10-8-9-15-29(24)28-16-19-31-35(23-28)40-37-30(26-13-6-3-7-14-26)18-21-34-36(37)38(31)32-22-27(17-20-33(32)39-34)25-11-4-2-5-12-25;1-24-10-8-9-15-29(24)30-18-21-34-36-37(30)40-35-23-28(26-13-6-3-7-14-26)16-19-31(35)38(36)32-22-27(17-20-33(32)39-34)25-11-4-2-5-12-25;1-24-10-8-9-15-29(24)28-17-20-33-32(22-28)38-31-19-16-27(25-11-4-2-5-12-25)23-35(31)40-37-30(26-13-6-3-7-14-26)18-21-34(39-33)36(37)38/h3*2-23H,1H3. The number of fused-ring (bicyclic) bond motifs is 12. The van der Waals surface area contributed by atoms with Crippen LogP contribution < -0.4 is 77.6 Å². The van der Waals surface area contributed by atoms with Crippen LogP contribution in [-0.2, 0) is 0 Å². The number of hydrogen-bond acceptors (Lipinski definition) is 6. The molecule has 0 radical (unpaired) electrons. The Bertz CT molecular complexity index is 7070. The molecule has 0 atom stereocenters. The normalized spacial score (nSPS) is 12.5. The van der Waals surface area contributed by atoms with Crippen LogP contribution >= 0.6 is 0 Å². The first-order chi connectivity index (χ1) is 59.2. The van der Waals surface area contributed by atoms with Crippen LogP contribution in [0.2, 0.25) is 0 Å². The van der Waals surface area contributed by atoms with Crippen molar-refractivity contribution in [3.05, 3.63) is 417 Å². The number of benzene rings is 18. The van der Waals surface area contributed by atoms with Crippen LogP contribution in [0, 0.1) is 20.8 Å². The molecular formula is C111H75B3O6. The van der Waals surface area contributed by atoms with E-state index in [1.807, 2.05) is 24.3 Å². The summed E-state index contributed by atoms with van der Waals surface area (Å²) in [7, 11) is 0. The molecule has 6 nitrogen and oxygen atoms in total. The lowest BCUT2D eigenvalue weighted by atomic mass is 9.34. The third-order valence-electron chi connectivity index (χ3n) is 24.5. The molecule has 0 saturated heterocycles. The predicted octanol–water partition coefficient (Wildman–Crippen LogP) is 23.2. The quantitative estimate of drug-likeness (QED) is 0.134. The Morgan fingerprint density at radius 3 is 0.758 bits per heavy atom. The summed E-state index contributed by atoms with van der Waals surface area (Å²) >= 11 is 0. The van der Waals surface area contributed by atoms with Gasteiger partial charge in [-0.1, -0.05) is 328 Å². The molecule has 0 N–H and O–H groups in total. The molecule has 0 amide bonds. The molecule has 0 unspecified atom stereocenters. The number of rotatable bonds is 9. The van der Waals surface area contributed by atoms with E-state index in [0.29, 0.717) is 0 Å². The number of hydrogen-bond donors (Lipinski definition) is 0. The minimum Gasteiger partial charge on any atom is -0.458 e. The molecule has 18 aromatic rings. The first-order valence-electron chi connectivity index (χ1n) is 41.2. The third-order valence-corrected chi connectivity index (χ3v) is 24.5. The van der Waals surface area contributed by atoms with Gasteiger partial charge in [0.2, 0.25) is 0 Å². The van der Waals surface area contributed by atoms with Crippen LogP contribution in [0.25, 0.3) is 100 Å². The molecule has 18 aromatic carbocycles. The highest BCUT2D eigenvalue weighted by molar-refractivity contribution is 7.00. The molecule has 6 aliphatic rings. The summed E-state index contributed by atoms with van der Waals surface area (Å²) in [5.41, 5.74) is 34.8. The average molecular weight is 1540 g/mol. The van der Waals surface area contributed by atoms with Gasteiger partial charge in [0.05, 0.1) is 0 Å². The molecule has 120 heavy (non-hydrogen) atoms. The van der Waals surface area contributed by atoms with Crippen LogP contribution in [-0.4, -0.2) is 20.1 Å². The van der Waals surface area contributed by atoms with Crippen molar-refractivity contribution in [3.8, 4) is 169 Å². The van der Waals surface area contributed by atoms with Crippen molar-refractivity contribution in [2.45, 2.75) is 20.8 Å². The maximum atomic E-state index is 6.88. The zero-order valence-electron chi connectivity index (χ0n) is 66.3. The summed E-state index contributed by atoms with van der Waals surface area (Å²) < 4.78 is 40.3. The van der Waals surface area contributed by atoms with Crippen LogP contribution in [0.1, 0.15) is 16.7 Å². The molecule has 0 aromatic heterocycles. The second-order valence-electron chi connectivity index (χ2n) is 31.6. The summed E-state index contributed by atoms with van der Waals surface area (Å²) in [6, 6.07) is 141. The fourth-order valence-electron chi connectivity index (χ4n) is 18.6. The summed E-state index contributed by atoms with van der Waals surface area (Å²) in [6.45, 7) is 6.46. The van der Waals surface area contributed by atoms with E-state index in [1.54, 1.807) is 0 Å². The van der Waals surface area contributed by atoms with Gasteiger partial charge in [0.15, 0.2) is 0 Å². The van der Waals surface area contributed by atoms with Crippen molar-refractivity contribution in [3.63, 3.8) is 0 Å². The maximum absolute atomic E-state index is 6.88. The van der Waals surface area contributed by atoms with Crippen LogP contribution in [0.3, 0.4) is 0 Å². The van der Waals surface area contributed by atoms with E-state index < -0.39 is 0 Å². The van der Waals surface area contributed by atoms with Gasteiger partial charge in [-0.2, -0.15) is 0 Å². The van der Waals surface area contributed by atoms with E-state index in [-0.39, 0.29) is 20.1 Å². The molecule has 0 spiro atoms. The minimum atomic E-state index is -0.00467. The Labute approximate surface area is 700 Å². The molecule has 0 saturated carbocycles. The summed E-state index contributed by atoms with van der Waals surface area (Å²) in [5, 5.41) is 0. The smallest absolute Gasteiger partial charge is 0.260 e. The molecule has 0 fully saturated rings. The van der Waals surface area contributed by atoms with Crippen molar-refractivity contribution < 1.29 is 28.4 Å². The summed E-state index contributed by atoms with van der Waals surface area (Å²) in [6.07, 6.45) is 0. The highest BCUT2D eigenvalue weighted by Gasteiger charge is 2.45. The highest BCUT2D eigenvalue weighted by atomic mass is 16.5. The van der Waals surface area contributed by atoms with Gasteiger partial charge < -0.3 is 28.4 Å². The van der Waals surface area contributed by atoms with Gasteiger partial charge in [-0.15, -0.1) is 0 Å². The van der Waals surface area contributed by atoms with Gasteiger partial charge >= 0.3 is 0 Å². The van der Waals surface area contributed by atoms with E-state index in [1.165, 1.54) is 72.3 Å². The van der Waals surface area contributed by atoms with Gasteiger partial charge in [-0.05, 0) is 226 Å². The lowest BCUT2D eigenvalue weighted by molar-refractivity contribution is 0.465. The van der Waals surface area contributed by atoms with E-state index in [0.717, 1.165) is 163 Å². The molecule has 0 aliphatic carbocycles. The van der Waals surface area contributed by atoms with E-state index in [9.17, 15) is 0 Å². The molecule has 6 aliphatic heterocycles. The molecule has 24 rings (SSSR count). The minimum absolute atomic E-state index is 0.00394. The summed E-state index contributed by atoms with van der Waals surface area (Å²) in [5.74, 6) is 10.6.